The minimum absolute atomic E-state index is 0.396. The molecule has 2 heterocycles. The fourth-order valence-electron chi connectivity index (χ4n) is 1.86. The van der Waals surface area contributed by atoms with Gasteiger partial charge in [0, 0.05) is 19.3 Å². The molecule has 2 N–H and O–H groups in total. The molecule has 6 nitrogen and oxygen atoms in total. The van der Waals surface area contributed by atoms with Crippen LogP contribution in [0.2, 0.25) is 5.02 Å². The second-order valence-electron chi connectivity index (χ2n) is 4.11. The topological polar surface area (TPSA) is 74.6 Å². The molecule has 0 aliphatic heterocycles. The van der Waals surface area contributed by atoms with E-state index in [1.165, 1.54) is 0 Å². The summed E-state index contributed by atoms with van der Waals surface area (Å²) in [6.07, 6.45) is 0. The molecule has 0 spiro atoms. The Balaban J connectivity index is 2.16. The largest absolute Gasteiger partial charge is 0.324 e. The smallest absolute Gasteiger partial charge is 0.191 e. The number of aryl methyl sites for hydroxylation is 2. The molecule has 2 aromatic rings. The van der Waals surface area contributed by atoms with E-state index < -0.39 is 0 Å². The van der Waals surface area contributed by atoms with Crippen LogP contribution in [0.1, 0.15) is 24.1 Å². The van der Waals surface area contributed by atoms with E-state index in [2.05, 4.69) is 15.3 Å². The van der Waals surface area contributed by atoms with Gasteiger partial charge < -0.3 is 10.3 Å². The standard InChI is InChI=1S/C11H17ClN6S/c1-4-18-9(5-13)14-15-11(18)19-6-8-10(12)7(2)16-17(8)3/h4-6,13H2,1-3H3. The van der Waals surface area contributed by atoms with Gasteiger partial charge in [-0.25, -0.2) is 0 Å². The molecule has 0 radical (unpaired) electrons. The molecule has 2 rings (SSSR count). The van der Waals surface area contributed by atoms with Crippen LogP contribution in [0.15, 0.2) is 5.16 Å². The lowest BCUT2D eigenvalue weighted by atomic mass is 10.4. The van der Waals surface area contributed by atoms with Crippen LogP contribution < -0.4 is 5.73 Å². The number of nitrogens with zero attached hydrogens (tertiary/aromatic N) is 5. The normalized spacial score (nSPS) is 11.2. The van der Waals surface area contributed by atoms with E-state index in [1.807, 2.05) is 25.5 Å². The van der Waals surface area contributed by atoms with Crippen LogP contribution in [0, 0.1) is 6.92 Å². The molecule has 0 saturated heterocycles. The third-order valence-corrected chi connectivity index (χ3v) is 4.36. The second kappa shape index (κ2) is 5.94. The van der Waals surface area contributed by atoms with Crippen molar-refractivity contribution in [2.24, 2.45) is 12.8 Å². The summed E-state index contributed by atoms with van der Waals surface area (Å²) in [7, 11) is 1.89. The Labute approximate surface area is 121 Å². The number of aromatic nitrogens is 5. The first-order valence-corrected chi connectivity index (χ1v) is 7.37. The molecule has 0 saturated carbocycles. The first kappa shape index (κ1) is 14.4. The fourth-order valence-corrected chi connectivity index (χ4v) is 3.26. The lowest BCUT2D eigenvalue weighted by Gasteiger charge is -2.06. The van der Waals surface area contributed by atoms with Crippen molar-refractivity contribution in [3.8, 4) is 0 Å². The minimum atomic E-state index is 0.396. The highest BCUT2D eigenvalue weighted by Gasteiger charge is 2.14. The molecule has 0 aliphatic rings. The van der Waals surface area contributed by atoms with E-state index in [0.29, 0.717) is 12.3 Å². The molecule has 0 amide bonds. The molecular formula is C11H17ClN6S. The average molecular weight is 301 g/mol. The second-order valence-corrected chi connectivity index (χ2v) is 5.43. The first-order valence-electron chi connectivity index (χ1n) is 6.01. The van der Waals surface area contributed by atoms with Crippen LogP contribution in [0.25, 0.3) is 0 Å². The van der Waals surface area contributed by atoms with Gasteiger partial charge in [-0.15, -0.1) is 10.2 Å². The van der Waals surface area contributed by atoms with Gasteiger partial charge in [-0.3, -0.25) is 4.68 Å². The number of hydrogen-bond acceptors (Lipinski definition) is 5. The predicted octanol–water partition coefficient (Wildman–Crippen LogP) is 1.74. The van der Waals surface area contributed by atoms with Gasteiger partial charge in [0.1, 0.15) is 5.82 Å². The summed E-state index contributed by atoms with van der Waals surface area (Å²) in [6, 6.07) is 0. The summed E-state index contributed by atoms with van der Waals surface area (Å²) in [4.78, 5) is 0. The molecule has 2 aromatic heterocycles. The van der Waals surface area contributed by atoms with Crippen molar-refractivity contribution in [3.05, 3.63) is 22.2 Å². The van der Waals surface area contributed by atoms with Crippen molar-refractivity contribution in [3.63, 3.8) is 0 Å². The van der Waals surface area contributed by atoms with Crippen LogP contribution in [-0.2, 0) is 25.9 Å². The van der Waals surface area contributed by atoms with E-state index in [9.17, 15) is 0 Å². The molecular weight excluding hydrogens is 284 g/mol. The Hall–Kier alpha value is -1.05. The number of rotatable bonds is 5. The maximum atomic E-state index is 6.23. The molecule has 0 bridgehead atoms. The van der Waals surface area contributed by atoms with Gasteiger partial charge in [0.2, 0.25) is 0 Å². The number of thioether (sulfide) groups is 1. The highest BCUT2D eigenvalue weighted by atomic mass is 35.5. The van der Waals surface area contributed by atoms with Crippen molar-refractivity contribution in [1.82, 2.24) is 24.5 Å². The third kappa shape index (κ3) is 2.77. The summed E-state index contributed by atoms with van der Waals surface area (Å²) in [5.74, 6) is 1.51. The van der Waals surface area contributed by atoms with Crippen molar-refractivity contribution >= 4 is 23.4 Å². The van der Waals surface area contributed by atoms with Crippen LogP contribution in [-0.4, -0.2) is 24.5 Å². The summed E-state index contributed by atoms with van der Waals surface area (Å²) in [6.45, 7) is 5.15. The SMILES string of the molecule is CCn1c(CN)nnc1SCc1c(Cl)c(C)nn1C. The first-order chi connectivity index (χ1) is 9.08. The monoisotopic (exact) mass is 300 g/mol. The quantitative estimate of drug-likeness (QED) is 0.851. The van der Waals surface area contributed by atoms with Crippen molar-refractivity contribution < 1.29 is 0 Å². The summed E-state index contributed by atoms with van der Waals surface area (Å²) in [5, 5.41) is 14.1. The van der Waals surface area contributed by atoms with E-state index in [4.69, 9.17) is 17.3 Å². The number of hydrogen-bond donors (Lipinski definition) is 1. The highest BCUT2D eigenvalue weighted by molar-refractivity contribution is 7.98. The lowest BCUT2D eigenvalue weighted by molar-refractivity contribution is 0.642. The zero-order valence-electron chi connectivity index (χ0n) is 11.2. The Kier molecular flexibility index (Phi) is 4.49. The molecule has 0 atom stereocenters. The number of nitrogens with two attached hydrogens (primary N) is 1. The van der Waals surface area contributed by atoms with Gasteiger partial charge in [0.05, 0.1) is 23.0 Å². The van der Waals surface area contributed by atoms with E-state index in [-0.39, 0.29) is 0 Å². The highest BCUT2D eigenvalue weighted by Crippen LogP contribution is 2.27. The molecule has 0 fully saturated rings. The Morgan fingerprint density at radius 3 is 2.63 bits per heavy atom. The van der Waals surface area contributed by atoms with Crippen molar-refractivity contribution in [2.75, 3.05) is 0 Å². The number of halogens is 1. The molecule has 0 aromatic carbocycles. The Morgan fingerprint density at radius 2 is 2.11 bits per heavy atom. The molecule has 8 heteroatoms. The van der Waals surface area contributed by atoms with E-state index in [1.54, 1.807) is 16.4 Å². The zero-order valence-corrected chi connectivity index (χ0v) is 12.8. The zero-order chi connectivity index (χ0) is 14.0. The van der Waals surface area contributed by atoms with Crippen molar-refractivity contribution in [2.45, 2.75) is 37.8 Å². The summed E-state index contributed by atoms with van der Waals surface area (Å²) in [5.41, 5.74) is 7.47. The van der Waals surface area contributed by atoms with Crippen LogP contribution in [0.4, 0.5) is 0 Å². The van der Waals surface area contributed by atoms with Gasteiger partial charge in [0.15, 0.2) is 5.16 Å². The van der Waals surface area contributed by atoms with Gasteiger partial charge in [-0.1, -0.05) is 23.4 Å². The molecule has 0 aliphatic carbocycles. The average Bonchev–Trinajstić information content (AvgIpc) is 2.89. The fraction of sp³-hybridized carbons (Fsp3) is 0.545. The molecule has 104 valence electrons. The Bertz CT molecular complexity index is 576. The maximum Gasteiger partial charge on any atom is 0.191 e. The van der Waals surface area contributed by atoms with Gasteiger partial charge >= 0.3 is 0 Å². The summed E-state index contributed by atoms with van der Waals surface area (Å²) >= 11 is 7.82. The van der Waals surface area contributed by atoms with Gasteiger partial charge in [-0.2, -0.15) is 5.10 Å². The van der Waals surface area contributed by atoms with Gasteiger partial charge in [-0.05, 0) is 13.8 Å². The predicted molar refractivity (Wildman–Crippen MR) is 76.1 cm³/mol. The lowest BCUT2D eigenvalue weighted by Crippen LogP contribution is -2.08. The van der Waals surface area contributed by atoms with Crippen LogP contribution in [0.3, 0.4) is 0 Å². The van der Waals surface area contributed by atoms with Gasteiger partial charge in [0.25, 0.3) is 0 Å². The van der Waals surface area contributed by atoms with Crippen molar-refractivity contribution in [1.29, 1.82) is 0 Å². The minimum Gasteiger partial charge on any atom is -0.324 e. The van der Waals surface area contributed by atoms with E-state index >= 15 is 0 Å². The third-order valence-electron chi connectivity index (χ3n) is 2.89. The van der Waals surface area contributed by atoms with Crippen LogP contribution in [0.5, 0.6) is 0 Å². The maximum absolute atomic E-state index is 6.23. The van der Waals surface area contributed by atoms with E-state index in [0.717, 1.165) is 33.9 Å². The molecule has 0 unspecified atom stereocenters. The molecule has 19 heavy (non-hydrogen) atoms. The Morgan fingerprint density at radius 1 is 1.37 bits per heavy atom. The van der Waals surface area contributed by atoms with Crippen LogP contribution >= 0.6 is 23.4 Å². The summed E-state index contributed by atoms with van der Waals surface area (Å²) < 4.78 is 3.82.